The van der Waals surface area contributed by atoms with Crippen molar-refractivity contribution in [2.24, 2.45) is 0 Å². The maximum atomic E-state index is 6.02. The van der Waals surface area contributed by atoms with E-state index in [1.807, 2.05) is 30.3 Å². The number of benzene rings is 1. The number of pyridine rings is 1. The minimum absolute atomic E-state index is 0.455. The van der Waals surface area contributed by atoms with Crippen molar-refractivity contribution in [2.45, 2.75) is 27.0 Å². The number of fused-ring (bicyclic) bond motifs is 1. The second kappa shape index (κ2) is 7.24. The zero-order valence-electron chi connectivity index (χ0n) is 14.2. The first-order valence-electron chi connectivity index (χ1n) is 7.92. The van der Waals surface area contributed by atoms with Gasteiger partial charge in [-0.2, -0.15) is 0 Å². The molecular formula is C19H21ClN2O2. The number of hydrogen-bond acceptors (Lipinski definition) is 3. The van der Waals surface area contributed by atoms with Crippen molar-refractivity contribution in [2.75, 3.05) is 13.7 Å². The Morgan fingerprint density at radius 2 is 1.88 bits per heavy atom. The summed E-state index contributed by atoms with van der Waals surface area (Å²) in [6.45, 7) is 6.12. The Kier molecular flexibility index (Phi) is 5.07. The molecule has 0 N–H and O–H groups in total. The van der Waals surface area contributed by atoms with Crippen molar-refractivity contribution in [1.29, 1.82) is 0 Å². The van der Waals surface area contributed by atoms with Gasteiger partial charge >= 0.3 is 0 Å². The third-order valence-electron chi connectivity index (χ3n) is 4.32. The highest BCUT2D eigenvalue weighted by molar-refractivity contribution is 6.30. The number of ether oxygens (including phenoxy) is 2. The topological polar surface area (TPSA) is 36.3 Å². The summed E-state index contributed by atoms with van der Waals surface area (Å²) < 4.78 is 13.5. The third kappa shape index (κ3) is 3.25. The van der Waals surface area contributed by atoms with Crippen LogP contribution in [0.3, 0.4) is 0 Å². The first-order chi connectivity index (χ1) is 11.6. The van der Waals surface area contributed by atoms with E-state index in [1.165, 1.54) is 16.6 Å². The number of halogens is 1. The van der Waals surface area contributed by atoms with E-state index in [4.69, 9.17) is 21.1 Å². The van der Waals surface area contributed by atoms with Gasteiger partial charge in [-0.25, -0.2) is 4.98 Å². The van der Waals surface area contributed by atoms with E-state index in [0.717, 1.165) is 22.6 Å². The van der Waals surface area contributed by atoms with Crippen LogP contribution in [-0.2, 0) is 17.9 Å². The fraction of sp³-hybridized carbons (Fsp3) is 0.316. The molecule has 24 heavy (non-hydrogen) atoms. The quantitative estimate of drug-likeness (QED) is 0.659. The van der Waals surface area contributed by atoms with Crippen molar-refractivity contribution in [3.8, 4) is 5.88 Å². The van der Waals surface area contributed by atoms with Crippen LogP contribution in [0.25, 0.3) is 10.9 Å². The molecule has 0 fully saturated rings. The van der Waals surface area contributed by atoms with Crippen molar-refractivity contribution < 1.29 is 9.47 Å². The van der Waals surface area contributed by atoms with E-state index in [1.54, 1.807) is 13.3 Å². The predicted molar refractivity (Wildman–Crippen MR) is 96.9 cm³/mol. The van der Waals surface area contributed by atoms with Crippen LogP contribution in [0, 0.1) is 13.8 Å². The molecule has 2 aromatic heterocycles. The first kappa shape index (κ1) is 16.8. The third-order valence-corrected chi connectivity index (χ3v) is 4.57. The van der Waals surface area contributed by atoms with Gasteiger partial charge in [0.1, 0.15) is 12.1 Å². The lowest BCUT2D eigenvalue weighted by atomic mass is 10.2. The Labute approximate surface area is 147 Å². The largest absolute Gasteiger partial charge is 0.471 e. The van der Waals surface area contributed by atoms with Crippen LogP contribution in [0.2, 0.25) is 5.02 Å². The summed E-state index contributed by atoms with van der Waals surface area (Å²) in [6, 6.07) is 9.69. The molecule has 0 saturated carbocycles. The molecular weight excluding hydrogens is 324 g/mol. The molecule has 0 amide bonds. The van der Waals surface area contributed by atoms with Gasteiger partial charge in [-0.15, -0.1) is 0 Å². The highest BCUT2D eigenvalue weighted by Crippen LogP contribution is 2.31. The van der Waals surface area contributed by atoms with Crippen molar-refractivity contribution in [3.63, 3.8) is 0 Å². The molecule has 0 aliphatic carbocycles. The summed E-state index contributed by atoms with van der Waals surface area (Å²) in [6.07, 6.45) is 1.80. The van der Waals surface area contributed by atoms with Crippen LogP contribution in [0.5, 0.6) is 5.88 Å². The molecule has 126 valence electrons. The van der Waals surface area contributed by atoms with Gasteiger partial charge in [0.2, 0.25) is 5.88 Å². The van der Waals surface area contributed by atoms with Crippen LogP contribution < -0.4 is 4.74 Å². The number of methoxy groups -OCH3 is 1. The zero-order valence-corrected chi connectivity index (χ0v) is 14.9. The molecule has 3 rings (SSSR count). The summed E-state index contributed by atoms with van der Waals surface area (Å²) >= 11 is 5.93. The van der Waals surface area contributed by atoms with Crippen LogP contribution in [0.1, 0.15) is 16.8 Å². The van der Waals surface area contributed by atoms with Crippen LogP contribution in [0.15, 0.2) is 36.5 Å². The zero-order chi connectivity index (χ0) is 17.1. The van der Waals surface area contributed by atoms with Gasteiger partial charge in [-0.05, 0) is 43.2 Å². The molecule has 0 atom stereocenters. The van der Waals surface area contributed by atoms with Gasteiger partial charge in [0.05, 0.1) is 6.61 Å². The predicted octanol–water partition coefficient (Wildman–Crippen LogP) is 4.53. The van der Waals surface area contributed by atoms with Crippen molar-refractivity contribution in [3.05, 3.63) is 58.4 Å². The van der Waals surface area contributed by atoms with Crippen molar-refractivity contribution >= 4 is 22.5 Å². The first-order valence-corrected chi connectivity index (χ1v) is 8.30. The average Bonchev–Trinajstić information content (AvgIpc) is 2.84. The molecule has 0 aliphatic heterocycles. The number of nitrogens with zero attached hydrogens (tertiary/aromatic N) is 2. The van der Waals surface area contributed by atoms with Gasteiger partial charge in [-0.3, -0.25) is 0 Å². The molecule has 4 nitrogen and oxygen atoms in total. The van der Waals surface area contributed by atoms with Gasteiger partial charge in [-0.1, -0.05) is 23.7 Å². The normalized spacial score (nSPS) is 11.2. The highest BCUT2D eigenvalue weighted by atomic mass is 35.5. The standard InChI is InChI=1S/C19H21ClN2O2/c1-13-14(2)22(10-11-23-3)18-17(13)8-9-21-19(18)24-12-15-4-6-16(20)7-5-15/h4-9H,10-12H2,1-3H3. The van der Waals surface area contributed by atoms with E-state index >= 15 is 0 Å². The van der Waals surface area contributed by atoms with Crippen molar-refractivity contribution in [1.82, 2.24) is 9.55 Å². The fourth-order valence-electron chi connectivity index (χ4n) is 2.86. The summed E-state index contributed by atoms with van der Waals surface area (Å²) in [5, 5.41) is 1.89. The van der Waals surface area contributed by atoms with E-state index in [2.05, 4.69) is 23.4 Å². The van der Waals surface area contributed by atoms with E-state index in [0.29, 0.717) is 19.1 Å². The molecule has 2 heterocycles. The smallest absolute Gasteiger partial charge is 0.238 e. The maximum Gasteiger partial charge on any atom is 0.238 e. The van der Waals surface area contributed by atoms with E-state index in [9.17, 15) is 0 Å². The molecule has 0 aliphatic rings. The Bertz CT molecular complexity index is 841. The summed E-state index contributed by atoms with van der Waals surface area (Å²) in [5.74, 6) is 0.648. The minimum Gasteiger partial charge on any atom is -0.471 e. The second-order valence-corrected chi connectivity index (χ2v) is 6.22. The molecule has 0 spiro atoms. The summed E-state index contributed by atoms with van der Waals surface area (Å²) in [7, 11) is 1.71. The fourth-order valence-corrected chi connectivity index (χ4v) is 2.99. The maximum absolute atomic E-state index is 6.02. The van der Waals surface area contributed by atoms with Crippen LogP contribution >= 0.6 is 11.6 Å². The van der Waals surface area contributed by atoms with Gasteiger partial charge in [0.15, 0.2) is 0 Å². The Balaban J connectivity index is 1.95. The second-order valence-electron chi connectivity index (χ2n) is 5.78. The van der Waals surface area contributed by atoms with E-state index < -0.39 is 0 Å². The Morgan fingerprint density at radius 3 is 2.58 bits per heavy atom. The van der Waals surface area contributed by atoms with Gasteiger partial charge in [0.25, 0.3) is 0 Å². The number of rotatable bonds is 6. The molecule has 3 aromatic rings. The Morgan fingerprint density at radius 1 is 1.12 bits per heavy atom. The monoisotopic (exact) mass is 344 g/mol. The molecule has 0 unspecified atom stereocenters. The molecule has 0 saturated heterocycles. The number of aryl methyl sites for hydroxylation is 1. The molecule has 0 radical (unpaired) electrons. The Hall–Kier alpha value is -2.04. The molecule has 1 aromatic carbocycles. The van der Waals surface area contributed by atoms with Gasteiger partial charge in [0, 0.05) is 36.0 Å². The minimum atomic E-state index is 0.455. The van der Waals surface area contributed by atoms with E-state index in [-0.39, 0.29) is 0 Å². The lowest BCUT2D eigenvalue weighted by Gasteiger charge is -2.11. The SMILES string of the molecule is COCCn1c(C)c(C)c2ccnc(OCc3ccc(Cl)cc3)c21. The van der Waals surface area contributed by atoms with Crippen LogP contribution in [-0.4, -0.2) is 23.3 Å². The number of hydrogen-bond donors (Lipinski definition) is 0. The lowest BCUT2D eigenvalue weighted by Crippen LogP contribution is -2.07. The summed E-state index contributed by atoms with van der Waals surface area (Å²) in [5.41, 5.74) is 4.55. The molecule has 0 bridgehead atoms. The van der Waals surface area contributed by atoms with Crippen LogP contribution in [0.4, 0.5) is 0 Å². The lowest BCUT2D eigenvalue weighted by molar-refractivity contribution is 0.187. The highest BCUT2D eigenvalue weighted by Gasteiger charge is 2.16. The molecule has 5 heteroatoms. The van der Waals surface area contributed by atoms with Gasteiger partial charge < -0.3 is 14.0 Å². The average molecular weight is 345 g/mol. The summed E-state index contributed by atoms with van der Waals surface area (Å²) in [4.78, 5) is 4.45. The number of aromatic nitrogens is 2.